The third kappa shape index (κ3) is 3.01. The van der Waals surface area contributed by atoms with Gasteiger partial charge in [0.2, 0.25) is 0 Å². The van der Waals surface area contributed by atoms with Gasteiger partial charge < -0.3 is 4.90 Å². The normalized spacial score (nSPS) is 11.0. The Morgan fingerprint density at radius 2 is 0.964 bits per heavy atom. The van der Waals surface area contributed by atoms with E-state index in [1.165, 1.54) is 44.0 Å². The van der Waals surface area contributed by atoms with Crippen LogP contribution in [0, 0.1) is 0 Å². The van der Waals surface area contributed by atoms with E-state index in [0.717, 1.165) is 0 Å². The number of hydrogen-bond donors (Lipinski definition) is 0. The highest BCUT2D eigenvalue weighted by molar-refractivity contribution is 5.91. The summed E-state index contributed by atoms with van der Waals surface area (Å²) in [7, 11) is 2.13. The predicted molar refractivity (Wildman–Crippen MR) is 121 cm³/mol. The smallest absolute Gasteiger partial charge is 0.0414 e. The molecule has 28 heavy (non-hydrogen) atoms. The number of rotatable bonds is 3. The molecule has 0 unspecified atom stereocenters. The molecular formula is C27H21N. The second kappa shape index (κ2) is 6.86. The van der Waals surface area contributed by atoms with Gasteiger partial charge in [0, 0.05) is 18.4 Å². The van der Waals surface area contributed by atoms with Crippen molar-refractivity contribution in [3.05, 3.63) is 109 Å². The van der Waals surface area contributed by atoms with Crippen molar-refractivity contribution in [1.82, 2.24) is 0 Å². The topological polar surface area (TPSA) is 3.24 Å². The van der Waals surface area contributed by atoms with Gasteiger partial charge in [0.25, 0.3) is 0 Å². The van der Waals surface area contributed by atoms with E-state index in [9.17, 15) is 0 Å². The molecule has 0 saturated heterocycles. The number of hydrogen-bond acceptors (Lipinski definition) is 1. The Labute approximate surface area is 165 Å². The van der Waals surface area contributed by atoms with Gasteiger partial charge in [0.15, 0.2) is 0 Å². The van der Waals surface area contributed by atoms with Crippen LogP contribution in [0.25, 0.3) is 32.7 Å². The molecule has 0 spiro atoms. The van der Waals surface area contributed by atoms with Crippen LogP contribution in [-0.4, -0.2) is 7.05 Å². The second-order valence-corrected chi connectivity index (χ2v) is 7.20. The van der Waals surface area contributed by atoms with Crippen molar-refractivity contribution in [2.45, 2.75) is 0 Å². The van der Waals surface area contributed by atoms with Crippen LogP contribution in [0.1, 0.15) is 0 Å². The monoisotopic (exact) mass is 359 g/mol. The number of fused-ring (bicyclic) bond motifs is 2. The maximum atomic E-state index is 2.27. The lowest BCUT2D eigenvalue weighted by Crippen LogP contribution is -2.09. The largest absolute Gasteiger partial charge is 0.345 e. The van der Waals surface area contributed by atoms with Crippen LogP contribution in [0.2, 0.25) is 0 Å². The number of benzene rings is 5. The second-order valence-electron chi connectivity index (χ2n) is 7.20. The zero-order chi connectivity index (χ0) is 18.9. The van der Waals surface area contributed by atoms with Crippen molar-refractivity contribution < 1.29 is 0 Å². The first kappa shape index (κ1) is 16.6. The zero-order valence-electron chi connectivity index (χ0n) is 15.8. The Hall–Kier alpha value is -3.58. The fourth-order valence-electron chi connectivity index (χ4n) is 3.79. The molecule has 0 N–H and O–H groups in total. The molecule has 1 heteroatoms. The molecular weight excluding hydrogens is 338 g/mol. The first-order valence-corrected chi connectivity index (χ1v) is 9.60. The summed E-state index contributed by atoms with van der Waals surface area (Å²) in [5.41, 5.74) is 4.89. The SMILES string of the molecule is CN(c1ccc2ccccc2c1)c1ccc2cc(-c3ccccc3)ccc2c1. The molecule has 5 rings (SSSR count). The Balaban J connectivity index is 1.51. The van der Waals surface area contributed by atoms with E-state index in [1.807, 2.05) is 0 Å². The summed E-state index contributed by atoms with van der Waals surface area (Å²) < 4.78 is 0. The van der Waals surface area contributed by atoms with E-state index in [4.69, 9.17) is 0 Å². The van der Waals surface area contributed by atoms with Crippen molar-refractivity contribution in [2.24, 2.45) is 0 Å². The highest BCUT2D eigenvalue weighted by Crippen LogP contribution is 2.31. The molecule has 0 aliphatic heterocycles. The van der Waals surface area contributed by atoms with Crippen molar-refractivity contribution >= 4 is 32.9 Å². The van der Waals surface area contributed by atoms with E-state index in [2.05, 4.69) is 121 Å². The van der Waals surface area contributed by atoms with Crippen LogP contribution < -0.4 is 4.90 Å². The predicted octanol–water partition coefficient (Wildman–Crippen LogP) is 7.43. The minimum Gasteiger partial charge on any atom is -0.345 e. The third-order valence-corrected chi connectivity index (χ3v) is 5.44. The fourth-order valence-corrected chi connectivity index (χ4v) is 3.79. The number of anilines is 2. The van der Waals surface area contributed by atoms with Crippen LogP contribution in [0.4, 0.5) is 11.4 Å². The molecule has 5 aromatic carbocycles. The zero-order valence-corrected chi connectivity index (χ0v) is 15.8. The van der Waals surface area contributed by atoms with Crippen LogP contribution in [0.15, 0.2) is 109 Å². The molecule has 0 amide bonds. The third-order valence-electron chi connectivity index (χ3n) is 5.44. The molecule has 0 heterocycles. The van der Waals surface area contributed by atoms with Gasteiger partial charge in [-0.1, -0.05) is 78.9 Å². The minimum atomic E-state index is 1.19. The van der Waals surface area contributed by atoms with Gasteiger partial charge in [-0.2, -0.15) is 0 Å². The molecule has 0 atom stereocenters. The number of nitrogens with zero attached hydrogens (tertiary/aromatic N) is 1. The summed E-state index contributed by atoms with van der Waals surface area (Å²) in [6, 6.07) is 39.0. The first-order chi connectivity index (χ1) is 13.8. The molecule has 0 radical (unpaired) electrons. The summed E-state index contributed by atoms with van der Waals surface area (Å²) in [5, 5.41) is 5.05. The van der Waals surface area contributed by atoms with E-state index < -0.39 is 0 Å². The molecule has 1 nitrogen and oxygen atoms in total. The van der Waals surface area contributed by atoms with Gasteiger partial charge in [-0.3, -0.25) is 0 Å². The van der Waals surface area contributed by atoms with Crippen molar-refractivity contribution in [3.63, 3.8) is 0 Å². The average Bonchev–Trinajstić information content (AvgIpc) is 2.78. The van der Waals surface area contributed by atoms with Crippen LogP contribution in [-0.2, 0) is 0 Å². The van der Waals surface area contributed by atoms with Crippen molar-refractivity contribution in [2.75, 3.05) is 11.9 Å². The van der Waals surface area contributed by atoms with Crippen LogP contribution in [0.5, 0.6) is 0 Å². The molecule has 134 valence electrons. The van der Waals surface area contributed by atoms with Crippen molar-refractivity contribution in [3.8, 4) is 11.1 Å². The van der Waals surface area contributed by atoms with E-state index >= 15 is 0 Å². The Morgan fingerprint density at radius 3 is 1.71 bits per heavy atom. The Bertz CT molecular complexity index is 1270. The van der Waals surface area contributed by atoms with E-state index in [1.54, 1.807) is 0 Å². The average molecular weight is 359 g/mol. The summed E-state index contributed by atoms with van der Waals surface area (Å²) >= 11 is 0. The molecule has 0 aliphatic rings. The standard InChI is InChI=1S/C27H21N/c1-28(26-15-13-21-9-5-6-10-22(21)18-26)27-16-14-24-17-23(11-12-25(24)19-27)20-7-3-2-4-8-20/h2-19H,1H3. The summed E-state index contributed by atoms with van der Waals surface area (Å²) in [6.07, 6.45) is 0. The van der Waals surface area contributed by atoms with Crippen LogP contribution >= 0.6 is 0 Å². The van der Waals surface area contributed by atoms with Gasteiger partial charge in [-0.25, -0.2) is 0 Å². The molecule has 0 aromatic heterocycles. The molecule has 5 aromatic rings. The maximum absolute atomic E-state index is 2.27. The summed E-state index contributed by atoms with van der Waals surface area (Å²) in [4.78, 5) is 2.25. The van der Waals surface area contributed by atoms with E-state index in [0.29, 0.717) is 0 Å². The van der Waals surface area contributed by atoms with Gasteiger partial charge >= 0.3 is 0 Å². The Morgan fingerprint density at radius 1 is 0.429 bits per heavy atom. The maximum Gasteiger partial charge on any atom is 0.0414 e. The quantitative estimate of drug-likeness (QED) is 0.324. The highest BCUT2D eigenvalue weighted by Gasteiger charge is 2.07. The van der Waals surface area contributed by atoms with Crippen LogP contribution in [0.3, 0.4) is 0 Å². The van der Waals surface area contributed by atoms with Gasteiger partial charge in [0.05, 0.1) is 0 Å². The van der Waals surface area contributed by atoms with Gasteiger partial charge in [-0.15, -0.1) is 0 Å². The van der Waals surface area contributed by atoms with Gasteiger partial charge in [-0.05, 0) is 63.0 Å². The first-order valence-electron chi connectivity index (χ1n) is 9.60. The lowest BCUT2D eigenvalue weighted by Gasteiger charge is -2.21. The summed E-state index contributed by atoms with van der Waals surface area (Å²) in [6.45, 7) is 0. The lowest BCUT2D eigenvalue weighted by molar-refractivity contribution is 1.22. The van der Waals surface area contributed by atoms with E-state index in [-0.39, 0.29) is 0 Å². The molecule has 0 fully saturated rings. The molecule has 0 aliphatic carbocycles. The highest BCUT2D eigenvalue weighted by atomic mass is 15.1. The summed E-state index contributed by atoms with van der Waals surface area (Å²) in [5.74, 6) is 0. The Kier molecular flexibility index (Phi) is 4.06. The lowest BCUT2D eigenvalue weighted by atomic mass is 10.0. The fraction of sp³-hybridized carbons (Fsp3) is 0.0370. The molecule has 0 bridgehead atoms. The molecule has 0 saturated carbocycles. The van der Waals surface area contributed by atoms with Gasteiger partial charge in [0.1, 0.15) is 0 Å². The van der Waals surface area contributed by atoms with Crippen molar-refractivity contribution in [1.29, 1.82) is 0 Å². The minimum absolute atomic E-state index is 1.19.